The minimum atomic E-state index is -1.01. The molecule has 1 unspecified atom stereocenters. The summed E-state index contributed by atoms with van der Waals surface area (Å²) in [6.07, 6.45) is 1.09. The fourth-order valence-electron chi connectivity index (χ4n) is 3.14. The molecule has 3 heterocycles. The van der Waals surface area contributed by atoms with E-state index >= 15 is 0 Å². The number of pyridine rings is 1. The van der Waals surface area contributed by atoms with E-state index in [0.29, 0.717) is 18.7 Å². The maximum atomic E-state index is 11.1. The Morgan fingerprint density at radius 3 is 2.40 bits per heavy atom. The zero-order valence-corrected chi connectivity index (χ0v) is 14.9. The number of likely N-dealkylation sites (tertiary alicyclic amines) is 1. The molecule has 0 aromatic carbocycles. The third kappa shape index (κ3) is 2.88. The number of nitriles is 1. The second-order valence-electron chi connectivity index (χ2n) is 7.71. The lowest BCUT2D eigenvalue weighted by Gasteiger charge is -2.32. The minimum Gasteiger partial charge on any atom is -0.465 e. The molecular formula is C17H22BN3O4. The number of aromatic nitrogens is 1. The van der Waals surface area contributed by atoms with Gasteiger partial charge in [0.1, 0.15) is 5.41 Å². The van der Waals surface area contributed by atoms with Gasteiger partial charge in [0.2, 0.25) is 0 Å². The number of hydrogen-bond acceptors (Lipinski definition) is 5. The van der Waals surface area contributed by atoms with E-state index in [1.807, 2.05) is 33.8 Å². The summed E-state index contributed by atoms with van der Waals surface area (Å²) >= 11 is 0. The normalized spacial score (nSPS) is 27.3. The molecule has 1 amide bonds. The van der Waals surface area contributed by atoms with Gasteiger partial charge in [-0.05, 0) is 40.2 Å². The molecule has 0 saturated carbocycles. The van der Waals surface area contributed by atoms with E-state index in [9.17, 15) is 10.1 Å². The Hall–Kier alpha value is -2.11. The van der Waals surface area contributed by atoms with Crippen LogP contribution in [0, 0.1) is 11.3 Å². The monoisotopic (exact) mass is 343 g/mol. The van der Waals surface area contributed by atoms with Gasteiger partial charge in [-0.25, -0.2) is 4.79 Å². The van der Waals surface area contributed by atoms with Crippen LogP contribution in [-0.4, -0.2) is 52.5 Å². The molecule has 0 bridgehead atoms. The highest BCUT2D eigenvalue weighted by atomic mass is 16.7. The first-order chi connectivity index (χ1) is 11.6. The molecule has 0 spiro atoms. The topological polar surface area (TPSA) is 95.7 Å². The molecule has 2 aliphatic rings. The van der Waals surface area contributed by atoms with Crippen LogP contribution in [0.5, 0.6) is 0 Å². The number of carboxylic acid groups (broad SMARTS) is 1. The van der Waals surface area contributed by atoms with Crippen molar-refractivity contribution in [2.24, 2.45) is 0 Å². The van der Waals surface area contributed by atoms with Crippen LogP contribution in [0.4, 0.5) is 4.79 Å². The zero-order valence-electron chi connectivity index (χ0n) is 14.9. The molecule has 2 fully saturated rings. The molecule has 1 aromatic rings. The minimum absolute atomic E-state index is 0.141. The Morgan fingerprint density at radius 2 is 1.96 bits per heavy atom. The Kier molecular flexibility index (Phi) is 4.05. The Morgan fingerprint density at radius 1 is 1.32 bits per heavy atom. The zero-order chi connectivity index (χ0) is 18.5. The summed E-state index contributed by atoms with van der Waals surface area (Å²) in [7, 11) is -0.510. The quantitative estimate of drug-likeness (QED) is 0.818. The second-order valence-corrected chi connectivity index (χ2v) is 7.71. The lowest BCUT2D eigenvalue weighted by Crippen LogP contribution is -2.41. The fourth-order valence-corrected chi connectivity index (χ4v) is 3.14. The summed E-state index contributed by atoms with van der Waals surface area (Å²) in [6.45, 7) is 8.42. The average molecular weight is 343 g/mol. The Bertz CT molecular complexity index is 712. The SMILES string of the molecule is CC1(C)OB(c2ccc(C3(C#N)CCN(C(=O)O)C3)nc2)OC1(C)C. The van der Waals surface area contributed by atoms with Gasteiger partial charge >= 0.3 is 13.2 Å². The van der Waals surface area contributed by atoms with Crippen molar-refractivity contribution in [3.63, 3.8) is 0 Å². The average Bonchev–Trinajstić information content (AvgIpc) is 3.08. The fraction of sp³-hybridized carbons (Fsp3) is 0.588. The van der Waals surface area contributed by atoms with Crippen LogP contribution < -0.4 is 5.46 Å². The predicted molar refractivity (Wildman–Crippen MR) is 91.5 cm³/mol. The first-order valence-corrected chi connectivity index (χ1v) is 8.31. The summed E-state index contributed by atoms with van der Waals surface area (Å²) < 4.78 is 12.0. The van der Waals surface area contributed by atoms with Crippen molar-refractivity contribution >= 4 is 18.7 Å². The van der Waals surface area contributed by atoms with Gasteiger partial charge < -0.3 is 19.3 Å². The number of rotatable bonds is 2. The Labute approximate surface area is 147 Å². The summed E-state index contributed by atoms with van der Waals surface area (Å²) in [5, 5.41) is 18.8. The van der Waals surface area contributed by atoms with E-state index in [4.69, 9.17) is 14.4 Å². The molecule has 0 radical (unpaired) electrons. The summed E-state index contributed by atoms with van der Waals surface area (Å²) in [6, 6.07) is 5.88. The van der Waals surface area contributed by atoms with Crippen molar-refractivity contribution in [1.29, 1.82) is 5.26 Å². The van der Waals surface area contributed by atoms with Crippen molar-refractivity contribution in [1.82, 2.24) is 9.88 Å². The highest BCUT2D eigenvalue weighted by Crippen LogP contribution is 2.37. The van der Waals surface area contributed by atoms with Gasteiger partial charge in [-0.3, -0.25) is 4.98 Å². The number of carbonyl (C=O) groups is 1. The van der Waals surface area contributed by atoms with Gasteiger partial charge in [0, 0.05) is 24.7 Å². The van der Waals surface area contributed by atoms with Gasteiger partial charge in [0.05, 0.1) is 23.0 Å². The highest BCUT2D eigenvalue weighted by molar-refractivity contribution is 6.62. The van der Waals surface area contributed by atoms with Crippen LogP contribution >= 0.6 is 0 Å². The molecule has 132 valence electrons. The maximum absolute atomic E-state index is 11.1. The van der Waals surface area contributed by atoms with E-state index in [0.717, 1.165) is 5.46 Å². The van der Waals surface area contributed by atoms with Crippen molar-refractivity contribution in [2.45, 2.75) is 50.7 Å². The molecule has 2 aliphatic heterocycles. The van der Waals surface area contributed by atoms with Gasteiger partial charge in [0.15, 0.2) is 0 Å². The molecule has 1 aromatic heterocycles. The van der Waals surface area contributed by atoms with Crippen LogP contribution in [-0.2, 0) is 14.7 Å². The summed E-state index contributed by atoms with van der Waals surface area (Å²) in [5.74, 6) is 0. The molecule has 7 nitrogen and oxygen atoms in total. The first-order valence-electron chi connectivity index (χ1n) is 8.31. The van der Waals surface area contributed by atoms with Crippen LogP contribution in [0.2, 0.25) is 0 Å². The van der Waals surface area contributed by atoms with Crippen LogP contribution in [0.1, 0.15) is 39.8 Å². The Balaban J connectivity index is 1.82. The van der Waals surface area contributed by atoms with Crippen LogP contribution in [0.15, 0.2) is 18.3 Å². The third-order valence-corrected chi connectivity index (χ3v) is 5.56. The molecule has 8 heteroatoms. The summed E-state index contributed by atoms with van der Waals surface area (Å²) in [4.78, 5) is 16.8. The largest absolute Gasteiger partial charge is 0.496 e. The second kappa shape index (κ2) is 5.72. The maximum Gasteiger partial charge on any atom is 0.496 e. The molecule has 2 saturated heterocycles. The van der Waals surface area contributed by atoms with E-state index in [2.05, 4.69) is 11.1 Å². The predicted octanol–water partition coefficient (Wildman–Crippen LogP) is 1.53. The van der Waals surface area contributed by atoms with Crippen molar-refractivity contribution in [3.8, 4) is 6.07 Å². The number of nitrogens with zero attached hydrogens (tertiary/aromatic N) is 3. The smallest absolute Gasteiger partial charge is 0.465 e. The van der Waals surface area contributed by atoms with E-state index in [1.165, 1.54) is 4.90 Å². The van der Waals surface area contributed by atoms with E-state index < -0.39 is 29.8 Å². The van der Waals surface area contributed by atoms with Crippen LogP contribution in [0.3, 0.4) is 0 Å². The first kappa shape index (κ1) is 17.7. The van der Waals surface area contributed by atoms with Crippen molar-refractivity contribution in [3.05, 3.63) is 24.0 Å². The van der Waals surface area contributed by atoms with Gasteiger partial charge in [-0.2, -0.15) is 5.26 Å². The van der Waals surface area contributed by atoms with E-state index in [1.54, 1.807) is 12.3 Å². The van der Waals surface area contributed by atoms with Gasteiger partial charge in [-0.15, -0.1) is 0 Å². The molecule has 3 rings (SSSR count). The highest BCUT2D eigenvalue weighted by Gasteiger charge is 2.52. The van der Waals surface area contributed by atoms with Gasteiger partial charge in [0.25, 0.3) is 0 Å². The molecular weight excluding hydrogens is 321 g/mol. The number of amides is 1. The molecule has 1 N–H and O–H groups in total. The standard InChI is InChI=1S/C17H22BN3O4/c1-15(2)16(3,4)25-18(24-15)12-5-6-13(20-9-12)17(10-19)7-8-21(11-17)14(22)23/h5-6,9H,7-8,11H2,1-4H3,(H,22,23). The third-order valence-electron chi connectivity index (χ3n) is 5.56. The lowest BCUT2D eigenvalue weighted by atomic mass is 9.78. The van der Waals surface area contributed by atoms with Gasteiger partial charge in [-0.1, -0.05) is 6.07 Å². The van der Waals surface area contributed by atoms with Crippen molar-refractivity contribution < 1.29 is 19.2 Å². The summed E-state index contributed by atoms with van der Waals surface area (Å²) in [5.41, 5.74) is -0.398. The van der Waals surface area contributed by atoms with Crippen molar-refractivity contribution in [2.75, 3.05) is 13.1 Å². The molecule has 25 heavy (non-hydrogen) atoms. The molecule has 0 aliphatic carbocycles. The van der Waals surface area contributed by atoms with Crippen LogP contribution in [0.25, 0.3) is 0 Å². The molecule has 1 atom stereocenters. The van der Waals surface area contributed by atoms with E-state index in [-0.39, 0.29) is 6.54 Å². The lowest BCUT2D eigenvalue weighted by molar-refractivity contribution is 0.00578. The number of hydrogen-bond donors (Lipinski definition) is 1.